The molecule has 8 unspecified atom stereocenters. The van der Waals surface area contributed by atoms with Crippen molar-refractivity contribution in [2.75, 3.05) is 6.54 Å². The van der Waals surface area contributed by atoms with Gasteiger partial charge in [0, 0.05) is 58.6 Å². The number of nitrogens with one attached hydrogen (secondary N) is 1. The van der Waals surface area contributed by atoms with Crippen LogP contribution in [0.25, 0.3) is 32.9 Å². The molecule has 270 valence electrons. The van der Waals surface area contributed by atoms with E-state index in [0.717, 1.165) is 43.4 Å². The number of benzene rings is 2. The van der Waals surface area contributed by atoms with Crippen LogP contribution in [0.15, 0.2) is 30.3 Å². The molecule has 4 saturated carbocycles. The van der Waals surface area contributed by atoms with Crippen LogP contribution in [0.2, 0.25) is 10.0 Å². The van der Waals surface area contributed by atoms with Gasteiger partial charge in [-0.3, -0.25) is 4.79 Å². The van der Waals surface area contributed by atoms with E-state index in [0.29, 0.717) is 39.9 Å². The van der Waals surface area contributed by atoms with E-state index in [9.17, 15) is 15.2 Å². The summed E-state index contributed by atoms with van der Waals surface area (Å²) in [5, 5.41) is 26.3. The van der Waals surface area contributed by atoms with Gasteiger partial charge in [0.25, 0.3) is 5.91 Å². The first-order valence-corrected chi connectivity index (χ1v) is 19.4. The molecule has 52 heavy (non-hydrogen) atoms. The maximum atomic E-state index is 17.4. The fourth-order valence-electron chi connectivity index (χ4n) is 10.1. The standard InChI is InChI=1S/C40H39Cl2F2N5O3/c1-18(50)34-26-16-29(38-24-14-21(15-30(24)52-22-7-8-22)48(38)39(51)40(44)9-10-40)49(36-20-13-28(36)46-17-20)37(26)25-12-19(4-3-11-45)31(33(43)35(25)47-34)23-5-2-6-27(41)32(23)42/h2,5-6,12,16,18,20-22,24,28,30,36,38,46,50H,3-4,7-10,13-15,17H2,1H3. The van der Waals surface area contributed by atoms with Gasteiger partial charge >= 0.3 is 0 Å². The van der Waals surface area contributed by atoms with E-state index in [2.05, 4.69) is 16.0 Å². The van der Waals surface area contributed by atoms with Crippen molar-refractivity contribution in [2.45, 2.75) is 113 Å². The normalized spacial score (nSPS) is 30.2. The van der Waals surface area contributed by atoms with Gasteiger partial charge in [0.1, 0.15) is 5.52 Å². The third kappa shape index (κ3) is 4.85. The monoisotopic (exact) mass is 745 g/mol. The lowest BCUT2D eigenvalue weighted by molar-refractivity contribution is -0.146. The van der Waals surface area contributed by atoms with Gasteiger partial charge in [-0.15, -0.1) is 0 Å². The second-order valence-corrected chi connectivity index (χ2v) is 16.8. The third-order valence-electron chi connectivity index (χ3n) is 12.8. The number of carbonyl (C=O) groups is 1. The molecular formula is C40H39Cl2F2N5O3. The molecule has 8 atom stereocenters. The number of halogens is 4. The first kappa shape index (κ1) is 33.3. The van der Waals surface area contributed by atoms with E-state index in [1.807, 2.05) is 17.0 Å². The van der Waals surface area contributed by atoms with Crippen molar-refractivity contribution < 1.29 is 23.4 Å². The number of nitriles is 1. The second-order valence-electron chi connectivity index (χ2n) is 16.0. The lowest BCUT2D eigenvalue weighted by Crippen LogP contribution is -2.49. The van der Waals surface area contributed by atoms with Gasteiger partial charge in [0.15, 0.2) is 11.5 Å². The third-order valence-corrected chi connectivity index (χ3v) is 13.6. The Morgan fingerprint density at radius 3 is 2.69 bits per heavy atom. The fourth-order valence-corrected chi connectivity index (χ4v) is 10.5. The number of aliphatic hydroxyl groups excluding tert-OH is 1. The molecule has 4 bridgehead atoms. The molecule has 3 aliphatic heterocycles. The smallest absolute Gasteiger partial charge is 0.261 e. The SMILES string of the molecule is CC(O)c1nc2c(F)c(-c3cccc(Cl)c3Cl)c(CCC#N)cc2c2c1cc(C1C3CC(CC3OC3CC3)N1C(=O)C1(F)CC1)n2C1C2CNC1C2. The highest BCUT2D eigenvalue weighted by atomic mass is 35.5. The molecular weight excluding hydrogens is 707 g/mol. The Bertz CT molecular complexity index is 2210. The van der Waals surface area contributed by atoms with Crippen molar-refractivity contribution in [1.29, 1.82) is 5.26 Å². The lowest BCUT2D eigenvalue weighted by Gasteiger charge is -2.43. The van der Waals surface area contributed by atoms with Crippen LogP contribution in [-0.2, 0) is 16.0 Å². The number of ether oxygens (including phenoxy) is 1. The molecule has 11 rings (SSSR count). The van der Waals surface area contributed by atoms with Crippen LogP contribution in [0.1, 0.15) is 93.4 Å². The Labute approximate surface area is 310 Å². The van der Waals surface area contributed by atoms with E-state index < -0.39 is 29.5 Å². The maximum absolute atomic E-state index is 17.4. The second kappa shape index (κ2) is 11.8. The molecule has 1 amide bonds. The van der Waals surface area contributed by atoms with Crippen LogP contribution >= 0.6 is 23.2 Å². The Morgan fingerprint density at radius 1 is 1.21 bits per heavy atom. The molecule has 5 heterocycles. The van der Waals surface area contributed by atoms with E-state index in [1.54, 1.807) is 25.1 Å². The van der Waals surface area contributed by atoms with Crippen LogP contribution < -0.4 is 5.32 Å². The van der Waals surface area contributed by atoms with Crippen LogP contribution in [0.3, 0.4) is 0 Å². The zero-order valence-corrected chi connectivity index (χ0v) is 30.2. The van der Waals surface area contributed by atoms with Crippen molar-refractivity contribution >= 4 is 50.9 Å². The minimum absolute atomic E-state index is 0.00626. The molecule has 7 aliphatic rings. The maximum Gasteiger partial charge on any atom is 0.261 e. The molecule has 2 aromatic carbocycles. The number of piperidine rings is 1. The van der Waals surface area contributed by atoms with Crippen LogP contribution in [-0.4, -0.2) is 62.0 Å². The highest BCUT2D eigenvalue weighted by Crippen LogP contribution is 2.58. The minimum Gasteiger partial charge on any atom is -0.387 e. The molecule has 0 radical (unpaired) electrons. The number of likely N-dealkylation sites (tertiary alicyclic amines) is 1. The summed E-state index contributed by atoms with van der Waals surface area (Å²) in [5.74, 6) is -0.764. The first-order chi connectivity index (χ1) is 25.1. The Morgan fingerprint density at radius 2 is 2.02 bits per heavy atom. The van der Waals surface area contributed by atoms with Crippen molar-refractivity contribution in [2.24, 2.45) is 11.8 Å². The van der Waals surface area contributed by atoms with Crippen molar-refractivity contribution in [3.05, 3.63) is 63.1 Å². The average molecular weight is 747 g/mol. The zero-order chi connectivity index (χ0) is 35.8. The number of aromatic nitrogens is 2. The number of pyridine rings is 1. The molecule has 8 nitrogen and oxygen atoms in total. The highest BCUT2D eigenvalue weighted by molar-refractivity contribution is 6.43. The summed E-state index contributed by atoms with van der Waals surface area (Å²) in [5.41, 5.74) is 1.39. The summed E-state index contributed by atoms with van der Waals surface area (Å²) in [6.07, 6.45) is 4.51. The summed E-state index contributed by atoms with van der Waals surface area (Å²) in [6.45, 7) is 2.46. The molecule has 0 spiro atoms. The topological polar surface area (TPSA) is 103 Å². The Balaban J connectivity index is 1.26. The van der Waals surface area contributed by atoms with Gasteiger partial charge < -0.3 is 24.6 Å². The number of amides is 1. The lowest BCUT2D eigenvalue weighted by atomic mass is 9.79. The van der Waals surface area contributed by atoms with Crippen LogP contribution in [0.5, 0.6) is 0 Å². The predicted octanol–water partition coefficient (Wildman–Crippen LogP) is 8.06. The number of carbonyl (C=O) groups excluding carboxylic acids is 1. The van der Waals surface area contributed by atoms with Gasteiger partial charge in [0.05, 0.1) is 57.7 Å². The van der Waals surface area contributed by atoms with Gasteiger partial charge in [-0.05, 0) is 88.0 Å². The largest absolute Gasteiger partial charge is 0.387 e. The summed E-state index contributed by atoms with van der Waals surface area (Å²) in [6, 6.07) is 10.8. The quantitative estimate of drug-likeness (QED) is 0.180. The van der Waals surface area contributed by atoms with E-state index in [1.165, 1.54) is 0 Å². The van der Waals surface area contributed by atoms with Gasteiger partial charge in [-0.25, -0.2) is 13.8 Å². The number of aliphatic hydroxyl groups is 1. The van der Waals surface area contributed by atoms with Crippen LogP contribution in [0.4, 0.5) is 8.78 Å². The Hall–Kier alpha value is -3.33. The Kier molecular flexibility index (Phi) is 7.57. The number of alkyl halides is 1. The predicted molar refractivity (Wildman–Crippen MR) is 193 cm³/mol. The number of hydrogen-bond acceptors (Lipinski definition) is 6. The summed E-state index contributed by atoms with van der Waals surface area (Å²) in [4.78, 5) is 20.8. The fraction of sp³-hybridized carbons (Fsp3) is 0.525. The number of rotatable bonds is 9. The van der Waals surface area contributed by atoms with E-state index in [4.69, 9.17) is 32.9 Å². The van der Waals surface area contributed by atoms with Crippen molar-refractivity contribution in [3.8, 4) is 17.2 Å². The molecule has 2 N–H and O–H groups in total. The highest BCUT2D eigenvalue weighted by Gasteiger charge is 2.63. The molecule has 4 aliphatic carbocycles. The van der Waals surface area contributed by atoms with Gasteiger partial charge in [0.2, 0.25) is 0 Å². The number of fused-ring (bicyclic) bond motifs is 6. The summed E-state index contributed by atoms with van der Waals surface area (Å²) in [7, 11) is 0. The molecule has 3 saturated heterocycles. The van der Waals surface area contributed by atoms with E-state index >= 15 is 8.78 Å². The molecule has 7 fully saturated rings. The van der Waals surface area contributed by atoms with Crippen molar-refractivity contribution in [3.63, 3.8) is 0 Å². The molecule has 4 aromatic rings. The number of nitrogens with zero attached hydrogens (tertiary/aromatic N) is 4. The van der Waals surface area contributed by atoms with Gasteiger partial charge in [-0.1, -0.05) is 35.3 Å². The van der Waals surface area contributed by atoms with Gasteiger partial charge in [-0.2, -0.15) is 5.26 Å². The molecule has 2 aromatic heterocycles. The van der Waals surface area contributed by atoms with Crippen molar-refractivity contribution in [1.82, 2.24) is 19.8 Å². The molecule has 12 heteroatoms. The zero-order valence-electron chi connectivity index (χ0n) is 28.7. The van der Waals surface area contributed by atoms with E-state index in [-0.39, 0.29) is 83.1 Å². The summed E-state index contributed by atoms with van der Waals surface area (Å²) >= 11 is 13.1. The minimum atomic E-state index is -1.83. The number of aryl methyl sites for hydroxylation is 1. The van der Waals surface area contributed by atoms with Crippen LogP contribution in [0, 0.1) is 29.0 Å². The number of hydrogen-bond donors (Lipinski definition) is 2. The first-order valence-electron chi connectivity index (χ1n) is 18.7. The summed E-state index contributed by atoms with van der Waals surface area (Å²) < 4.78 is 42.0. The average Bonchev–Trinajstić information content (AvgIpc) is 3.71.